The molecule has 0 aliphatic heterocycles. The Kier molecular flexibility index (Phi) is 4.20. The number of nitrogens with two attached hydrogens (primary N) is 1. The molecule has 0 aliphatic rings. The van der Waals surface area contributed by atoms with E-state index in [1.165, 1.54) is 4.90 Å². The molecule has 0 fully saturated rings. The zero-order valence-electron chi connectivity index (χ0n) is 10.0. The maximum atomic E-state index is 5.81. The average Bonchev–Trinajstić information content (AvgIpc) is 2.80. The molecule has 2 aromatic rings. The SMILES string of the molecule is CCSc1ccc(-c2csc(C(C)N)n2)cc1. The van der Waals surface area contributed by atoms with E-state index in [-0.39, 0.29) is 6.04 Å². The molecule has 0 spiro atoms. The molecule has 0 radical (unpaired) electrons. The molecule has 2 nitrogen and oxygen atoms in total. The minimum Gasteiger partial charge on any atom is -0.322 e. The molecule has 2 rings (SSSR count). The quantitative estimate of drug-likeness (QED) is 0.850. The second-order valence-corrected chi connectivity index (χ2v) is 6.04. The van der Waals surface area contributed by atoms with E-state index in [1.807, 2.05) is 18.7 Å². The van der Waals surface area contributed by atoms with Crippen LogP contribution in [-0.4, -0.2) is 10.7 Å². The molecule has 0 aliphatic carbocycles. The summed E-state index contributed by atoms with van der Waals surface area (Å²) in [6.45, 7) is 4.12. The van der Waals surface area contributed by atoms with Crippen molar-refractivity contribution in [1.82, 2.24) is 4.98 Å². The van der Waals surface area contributed by atoms with Crippen LogP contribution in [-0.2, 0) is 0 Å². The summed E-state index contributed by atoms with van der Waals surface area (Å²) in [5.41, 5.74) is 8.00. The summed E-state index contributed by atoms with van der Waals surface area (Å²) < 4.78 is 0. The standard InChI is InChI=1S/C13H16N2S2/c1-3-16-11-6-4-10(5-7-11)12-8-17-13(15-12)9(2)14/h4-9H,3,14H2,1-2H3. The van der Waals surface area contributed by atoms with Crippen LogP contribution in [0.4, 0.5) is 0 Å². The number of benzene rings is 1. The molecule has 0 saturated carbocycles. The van der Waals surface area contributed by atoms with Gasteiger partial charge in [0.2, 0.25) is 0 Å². The van der Waals surface area contributed by atoms with Gasteiger partial charge in [-0.15, -0.1) is 23.1 Å². The molecule has 1 atom stereocenters. The molecule has 1 heterocycles. The predicted octanol–water partition coefficient (Wildman–Crippen LogP) is 3.94. The minimum absolute atomic E-state index is 0.0173. The summed E-state index contributed by atoms with van der Waals surface area (Å²) in [5.74, 6) is 1.10. The number of nitrogens with zero attached hydrogens (tertiary/aromatic N) is 1. The highest BCUT2D eigenvalue weighted by molar-refractivity contribution is 7.99. The summed E-state index contributed by atoms with van der Waals surface area (Å²) in [7, 11) is 0. The van der Waals surface area contributed by atoms with E-state index < -0.39 is 0 Å². The van der Waals surface area contributed by atoms with Crippen molar-refractivity contribution in [1.29, 1.82) is 0 Å². The first-order chi connectivity index (χ1) is 8.20. The summed E-state index contributed by atoms with van der Waals surface area (Å²) in [4.78, 5) is 5.85. The first kappa shape index (κ1) is 12.6. The van der Waals surface area contributed by atoms with Gasteiger partial charge in [-0.2, -0.15) is 0 Å². The highest BCUT2D eigenvalue weighted by Gasteiger charge is 2.07. The Morgan fingerprint density at radius 2 is 2.06 bits per heavy atom. The third kappa shape index (κ3) is 3.09. The van der Waals surface area contributed by atoms with Crippen molar-refractivity contribution >= 4 is 23.1 Å². The smallest absolute Gasteiger partial charge is 0.110 e. The second kappa shape index (κ2) is 5.67. The topological polar surface area (TPSA) is 38.9 Å². The zero-order valence-corrected chi connectivity index (χ0v) is 11.6. The van der Waals surface area contributed by atoms with Crippen molar-refractivity contribution in [3.05, 3.63) is 34.7 Å². The van der Waals surface area contributed by atoms with Crippen LogP contribution in [0.25, 0.3) is 11.3 Å². The summed E-state index contributed by atoms with van der Waals surface area (Å²) in [5, 5.41) is 3.06. The van der Waals surface area contributed by atoms with Gasteiger partial charge in [-0.1, -0.05) is 19.1 Å². The molecule has 17 heavy (non-hydrogen) atoms. The first-order valence-electron chi connectivity index (χ1n) is 5.65. The van der Waals surface area contributed by atoms with Crippen molar-refractivity contribution in [2.24, 2.45) is 5.73 Å². The Morgan fingerprint density at radius 1 is 1.35 bits per heavy atom. The van der Waals surface area contributed by atoms with E-state index in [1.54, 1.807) is 11.3 Å². The molecule has 2 N–H and O–H groups in total. The Morgan fingerprint density at radius 3 is 2.59 bits per heavy atom. The number of hydrogen-bond acceptors (Lipinski definition) is 4. The van der Waals surface area contributed by atoms with Crippen LogP contribution in [0.2, 0.25) is 0 Å². The molecule has 0 amide bonds. The molecule has 1 aromatic carbocycles. The Balaban J connectivity index is 2.21. The Bertz CT molecular complexity index is 474. The van der Waals surface area contributed by atoms with Gasteiger partial charge in [-0.25, -0.2) is 4.98 Å². The van der Waals surface area contributed by atoms with E-state index >= 15 is 0 Å². The lowest BCUT2D eigenvalue weighted by Crippen LogP contribution is -2.03. The van der Waals surface area contributed by atoms with Gasteiger partial charge in [-0.05, 0) is 24.8 Å². The maximum Gasteiger partial charge on any atom is 0.110 e. The zero-order chi connectivity index (χ0) is 12.3. The van der Waals surface area contributed by atoms with Crippen molar-refractivity contribution in [2.75, 3.05) is 5.75 Å². The van der Waals surface area contributed by atoms with Crippen LogP contribution in [0, 0.1) is 0 Å². The van der Waals surface area contributed by atoms with E-state index in [9.17, 15) is 0 Å². The maximum absolute atomic E-state index is 5.81. The molecular weight excluding hydrogens is 248 g/mol. The van der Waals surface area contributed by atoms with Crippen LogP contribution < -0.4 is 5.73 Å². The van der Waals surface area contributed by atoms with Gasteiger partial charge in [-0.3, -0.25) is 0 Å². The molecule has 0 bridgehead atoms. The van der Waals surface area contributed by atoms with Gasteiger partial charge in [0.25, 0.3) is 0 Å². The van der Waals surface area contributed by atoms with Crippen molar-refractivity contribution in [2.45, 2.75) is 24.8 Å². The van der Waals surface area contributed by atoms with Gasteiger partial charge in [0, 0.05) is 15.8 Å². The number of thiazole rings is 1. The monoisotopic (exact) mass is 264 g/mol. The fourth-order valence-electron chi connectivity index (χ4n) is 1.52. The van der Waals surface area contributed by atoms with Gasteiger partial charge < -0.3 is 5.73 Å². The molecule has 4 heteroatoms. The lowest BCUT2D eigenvalue weighted by molar-refractivity contribution is 0.808. The van der Waals surface area contributed by atoms with Gasteiger partial charge in [0.1, 0.15) is 5.01 Å². The van der Waals surface area contributed by atoms with Crippen LogP contribution in [0.15, 0.2) is 34.5 Å². The van der Waals surface area contributed by atoms with Gasteiger partial charge in [0.15, 0.2) is 0 Å². The number of hydrogen-bond donors (Lipinski definition) is 1. The average molecular weight is 264 g/mol. The van der Waals surface area contributed by atoms with Crippen molar-refractivity contribution in [3.8, 4) is 11.3 Å². The molecule has 1 unspecified atom stereocenters. The Labute approximate surface area is 110 Å². The normalized spacial score (nSPS) is 12.6. The highest BCUT2D eigenvalue weighted by Crippen LogP contribution is 2.26. The van der Waals surface area contributed by atoms with Crippen molar-refractivity contribution < 1.29 is 0 Å². The Hall–Kier alpha value is -0.840. The van der Waals surface area contributed by atoms with Crippen molar-refractivity contribution in [3.63, 3.8) is 0 Å². The summed E-state index contributed by atoms with van der Waals surface area (Å²) in [6, 6.07) is 8.56. The number of rotatable bonds is 4. The third-order valence-electron chi connectivity index (χ3n) is 2.37. The van der Waals surface area contributed by atoms with Crippen LogP contribution in [0.3, 0.4) is 0 Å². The minimum atomic E-state index is 0.0173. The second-order valence-electron chi connectivity index (χ2n) is 3.82. The van der Waals surface area contributed by atoms with E-state index in [0.717, 1.165) is 22.0 Å². The summed E-state index contributed by atoms with van der Waals surface area (Å²) >= 11 is 3.48. The van der Waals surface area contributed by atoms with Crippen LogP contribution in [0.5, 0.6) is 0 Å². The van der Waals surface area contributed by atoms with Crippen LogP contribution >= 0.6 is 23.1 Å². The first-order valence-corrected chi connectivity index (χ1v) is 7.51. The largest absolute Gasteiger partial charge is 0.322 e. The molecule has 0 saturated heterocycles. The molecular formula is C13H16N2S2. The van der Waals surface area contributed by atoms with E-state index in [2.05, 4.69) is 41.6 Å². The molecule has 1 aromatic heterocycles. The lowest BCUT2D eigenvalue weighted by atomic mass is 10.2. The predicted molar refractivity (Wildman–Crippen MR) is 76.6 cm³/mol. The summed E-state index contributed by atoms with van der Waals surface area (Å²) in [6.07, 6.45) is 0. The number of thioether (sulfide) groups is 1. The van der Waals surface area contributed by atoms with Crippen LogP contribution in [0.1, 0.15) is 24.9 Å². The van der Waals surface area contributed by atoms with E-state index in [0.29, 0.717) is 0 Å². The lowest BCUT2D eigenvalue weighted by Gasteiger charge is -2.01. The third-order valence-corrected chi connectivity index (χ3v) is 4.31. The molecule has 90 valence electrons. The number of aromatic nitrogens is 1. The van der Waals surface area contributed by atoms with Gasteiger partial charge in [0.05, 0.1) is 11.7 Å². The fourth-order valence-corrected chi connectivity index (χ4v) is 2.97. The van der Waals surface area contributed by atoms with E-state index in [4.69, 9.17) is 5.73 Å². The van der Waals surface area contributed by atoms with Gasteiger partial charge >= 0.3 is 0 Å². The fraction of sp³-hybridized carbons (Fsp3) is 0.308. The highest BCUT2D eigenvalue weighted by atomic mass is 32.2.